The Balaban J connectivity index is 2.18. The Hall–Kier alpha value is -1.61. The highest BCUT2D eigenvalue weighted by atomic mass is 16.4. The van der Waals surface area contributed by atoms with Crippen LogP contribution in [0.1, 0.15) is 22.8 Å². The summed E-state index contributed by atoms with van der Waals surface area (Å²) < 4.78 is 5.33. The normalized spacial score (nSPS) is 10.5. The van der Waals surface area contributed by atoms with Crippen LogP contribution >= 0.6 is 0 Å². The first-order valence-electron chi connectivity index (χ1n) is 4.88. The van der Waals surface area contributed by atoms with Gasteiger partial charge in [-0.3, -0.25) is 0 Å². The van der Waals surface area contributed by atoms with E-state index in [2.05, 4.69) is 24.0 Å². The van der Waals surface area contributed by atoms with Gasteiger partial charge < -0.3 is 9.52 Å². The van der Waals surface area contributed by atoms with Crippen LogP contribution in [0.15, 0.2) is 34.9 Å². The third kappa shape index (κ3) is 2.25. The Bertz CT molecular complexity index is 448. The summed E-state index contributed by atoms with van der Waals surface area (Å²) in [5.41, 5.74) is 2.42. The Morgan fingerprint density at radius 3 is 2.80 bits per heavy atom. The molecule has 78 valence electrons. The zero-order valence-electron chi connectivity index (χ0n) is 8.60. The van der Waals surface area contributed by atoms with Crippen LogP contribution in [0.25, 0.3) is 0 Å². The lowest BCUT2D eigenvalue weighted by molar-refractivity contribution is 0.244. The lowest BCUT2D eigenvalue weighted by Gasteiger charge is -2.01. The first-order chi connectivity index (χ1) is 7.29. The fraction of sp³-hybridized carbons (Fsp3) is 0.250. The minimum atomic E-state index is -0.0965. The predicted molar refractivity (Wildman–Crippen MR) is 56.4 cm³/mol. The molecule has 2 rings (SSSR count). The number of hydrogen-bond acceptors (Lipinski definition) is 3. The maximum absolute atomic E-state index is 8.84. The fourth-order valence-electron chi connectivity index (χ4n) is 1.47. The van der Waals surface area contributed by atoms with Crippen LogP contribution in [0, 0.1) is 6.92 Å². The summed E-state index contributed by atoms with van der Waals surface area (Å²) in [6.07, 6.45) is 2.24. The number of rotatable bonds is 3. The van der Waals surface area contributed by atoms with Gasteiger partial charge in [0.1, 0.15) is 12.4 Å². The molecule has 0 aliphatic heterocycles. The van der Waals surface area contributed by atoms with E-state index in [1.165, 1.54) is 11.1 Å². The van der Waals surface area contributed by atoms with Crippen molar-refractivity contribution in [1.29, 1.82) is 0 Å². The molecule has 0 aliphatic rings. The van der Waals surface area contributed by atoms with Crippen LogP contribution in [0.5, 0.6) is 0 Å². The van der Waals surface area contributed by atoms with Gasteiger partial charge in [0.25, 0.3) is 0 Å². The quantitative estimate of drug-likeness (QED) is 0.830. The van der Waals surface area contributed by atoms with E-state index in [1.54, 1.807) is 6.20 Å². The second-order valence-electron chi connectivity index (χ2n) is 3.48. The van der Waals surface area contributed by atoms with Crippen molar-refractivity contribution in [2.45, 2.75) is 20.0 Å². The summed E-state index contributed by atoms with van der Waals surface area (Å²) in [6.45, 7) is 1.96. The van der Waals surface area contributed by atoms with Crippen LogP contribution in [0.3, 0.4) is 0 Å². The van der Waals surface area contributed by atoms with Crippen molar-refractivity contribution in [1.82, 2.24) is 4.98 Å². The Kier molecular flexibility index (Phi) is 2.83. The maximum atomic E-state index is 8.84. The Morgan fingerprint density at radius 1 is 1.33 bits per heavy atom. The molecule has 0 atom stereocenters. The minimum Gasteiger partial charge on any atom is -0.443 e. The molecule has 1 aromatic carbocycles. The third-order valence-corrected chi connectivity index (χ3v) is 2.36. The summed E-state index contributed by atoms with van der Waals surface area (Å²) >= 11 is 0. The second kappa shape index (κ2) is 4.28. The van der Waals surface area contributed by atoms with Crippen molar-refractivity contribution in [3.63, 3.8) is 0 Å². The first-order valence-corrected chi connectivity index (χ1v) is 4.88. The number of oxazole rings is 1. The van der Waals surface area contributed by atoms with Crippen molar-refractivity contribution in [3.8, 4) is 0 Å². The zero-order valence-corrected chi connectivity index (χ0v) is 8.60. The van der Waals surface area contributed by atoms with Gasteiger partial charge in [0.05, 0.1) is 6.20 Å². The van der Waals surface area contributed by atoms with Crippen LogP contribution in [0.4, 0.5) is 0 Å². The van der Waals surface area contributed by atoms with Gasteiger partial charge in [-0.1, -0.05) is 24.3 Å². The molecule has 2 aromatic rings. The van der Waals surface area contributed by atoms with Gasteiger partial charge in [0, 0.05) is 6.42 Å². The number of hydrogen-bond donors (Lipinski definition) is 1. The SMILES string of the molecule is Cc1ccccc1Cc1ncc(CO)o1. The van der Waals surface area contributed by atoms with Gasteiger partial charge in [-0.25, -0.2) is 4.98 Å². The summed E-state index contributed by atoms with van der Waals surface area (Å²) in [5.74, 6) is 1.16. The smallest absolute Gasteiger partial charge is 0.198 e. The molecule has 0 fully saturated rings. The van der Waals surface area contributed by atoms with Crippen molar-refractivity contribution in [2.24, 2.45) is 0 Å². The molecule has 15 heavy (non-hydrogen) atoms. The van der Waals surface area contributed by atoms with E-state index in [-0.39, 0.29) is 6.61 Å². The molecule has 0 aliphatic carbocycles. The molecule has 1 N–H and O–H groups in total. The summed E-state index contributed by atoms with van der Waals surface area (Å²) in [6, 6.07) is 8.12. The Morgan fingerprint density at radius 2 is 2.13 bits per heavy atom. The number of nitrogens with zero attached hydrogens (tertiary/aromatic N) is 1. The number of aromatic nitrogens is 1. The van der Waals surface area contributed by atoms with Crippen LogP contribution < -0.4 is 0 Å². The molecule has 0 saturated carbocycles. The lowest BCUT2D eigenvalue weighted by Crippen LogP contribution is -1.90. The van der Waals surface area contributed by atoms with Crippen LogP contribution in [0.2, 0.25) is 0 Å². The molecular formula is C12H13NO2. The van der Waals surface area contributed by atoms with Gasteiger partial charge in [-0.05, 0) is 18.1 Å². The summed E-state index contributed by atoms with van der Waals surface area (Å²) in [7, 11) is 0. The first kappa shape index (κ1) is 9.93. The van der Waals surface area contributed by atoms with E-state index >= 15 is 0 Å². The molecule has 3 heteroatoms. The third-order valence-electron chi connectivity index (χ3n) is 2.36. The topological polar surface area (TPSA) is 46.3 Å². The molecule has 0 radical (unpaired) electrons. The molecule has 0 saturated heterocycles. The van der Waals surface area contributed by atoms with Crippen molar-refractivity contribution >= 4 is 0 Å². The minimum absolute atomic E-state index is 0.0965. The largest absolute Gasteiger partial charge is 0.443 e. The van der Waals surface area contributed by atoms with E-state index in [0.717, 1.165) is 0 Å². The highest BCUT2D eigenvalue weighted by Crippen LogP contribution is 2.13. The van der Waals surface area contributed by atoms with E-state index in [9.17, 15) is 0 Å². The zero-order chi connectivity index (χ0) is 10.7. The summed E-state index contributed by atoms with van der Waals surface area (Å²) in [4.78, 5) is 4.10. The van der Waals surface area contributed by atoms with Gasteiger partial charge in [0.2, 0.25) is 0 Å². The van der Waals surface area contributed by atoms with E-state index in [4.69, 9.17) is 9.52 Å². The molecule has 1 heterocycles. The number of aliphatic hydroxyl groups excluding tert-OH is 1. The maximum Gasteiger partial charge on any atom is 0.198 e. The second-order valence-corrected chi connectivity index (χ2v) is 3.48. The average molecular weight is 203 g/mol. The highest BCUT2D eigenvalue weighted by Gasteiger charge is 2.05. The number of aliphatic hydroxyl groups is 1. The van der Waals surface area contributed by atoms with E-state index in [0.29, 0.717) is 18.1 Å². The van der Waals surface area contributed by atoms with Crippen molar-refractivity contribution < 1.29 is 9.52 Å². The van der Waals surface area contributed by atoms with Gasteiger partial charge >= 0.3 is 0 Å². The molecule has 1 aromatic heterocycles. The molecule has 0 amide bonds. The number of benzene rings is 1. The lowest BCUT2D eigenvalue weighted by atomic mass is 10.1. The molecule has 0 unspecified atom stereocenters. The fourth-order valence-corrected chi connectivity index (χ4v) is 1.47. The van der Waals surface area contributed by atoms with E-state index < -0.39 is 0 Å². The van der Waals surface area contributed by atoms with Crippen molar-refractivity contribution in [2.75, 3.05) is 0 Å². The summed E-state index contributed by atoms with van der Waals surface area (Å²) in [5, 5.41) is 8.84. The molecule has 0 bridgehead atoms. The standard InChI is InChI=1S/C12H13NO2/c1-9-4-2-3-5-10(9)6-12-13-7-11(8-14)15-12/h2-5,7,14H,6,8H2,1H3. The predicted octanol–water partition coefficient (Wildman–Crippen LogP) is 2.07. The molecular weight excluding hydrogens is 190 g/mol. The van der Waals surface area contributed by atoms with Gasteiger partial charge in [-0.15, -0.1) is 0 Å². The highest BCUT2D eigenvalue weighted by molar-refractivity contribution is 5.27. The van der Waals surface area contributed by atoms with Crippen LogP contribution in [-0.2, 0) is 13.0 Å². The molecule has 0 spiro atoms. The number of aryl methyl sites for hydroxylation is 1. The van der Waals surface area contributed by atoms with Crippen molar-refractivity contribution in [3.05, 3.63) is 53.2 Å². The average Bonchev–Trinajstić information content (AvgIpc) is 2.69. The molecule has 3 nitrogen and oxygen atoms in total. The monoisotopic (exact) mass is 203 g/mol. The Labute approximate surface area is 88.4 Å². The van der Waals surface area contributed by atoms with E-state index in [1.807, 2.05) is 12.1 Å². The van der Waals surface area contributed by atoms with Gasteiger partial charge in [-0.2, -0.15) is 0 Å². The van der Waals surface area contributed by atoms with Crippen LogP contribution in [-0.4, -0.2) is 10.1 Å². The van der Waals surface area contributed by atoms with Gasteiger partial charge in [0.15, 0.2) is 5.89 Å².